The number of hydrogen-bond donors (Lipinski definition) is 1. The molecule has 0 aromatic heterocycles. The lowest BCUT2D eigenvalue weighted by Crippen LogP contribution is -2.55. The van der Waals surface area contributed by atoms with Crippen LogP contribution in [0.4, 0.5) is 0 Å². The smallest absolute Gasteiger partial charge is 0.241 e. The lowest BCUT2D eigenvalue weighted by atomic mass is 9.72. The van der Waals surface area contributed by atoms with Gasteiger partial charge in [-0.1, -0.05) is 50.1 Å². The van der Waals surface area contributed by atoms with Crippen molar-refractivity contribution in [3.8, 4) is 6.07 Å². The van der Waals surface area contributed by atoms with Gasteiger partial charge in [0, 0.05) is 12.0 Å². The maximum absolute atomic E-state index is 13.1. The zero-order chi connectivity index (χ0) is 16.4. The normalized spacial score (nSPS) is 27.6. The van der Waals surface area contributed by atoms with Gasteiger partial charge in [-0.25, -0.2) is 0 Å². The third kappa shape index (κ3) is 2.74. The summed E-state index contributed by atoms with van der Waals surface area (Å²) in [5.41, 5.74) is 7.42. The fourth-order valence-corrected chi connectivity index (χ4v) is 4.38. The average molecular weight is 311 g/mol. The summed E-state index contributed by atoms with van der Waals surface area (Å²) < 4.78 is 0. The highest BCUT2D eigenvalue weighted by molar-refractivity contribution is 5.84. The van der Waals surface area contributed by atoms with Crippen LogP contribution in [0.25, 0.3) is 0 Å². The number of carbonyl (C=O) groups is 1. The predicted octanol–water partition coefficient (Wildman–Crippen LogP) is 2.59. The van der Waals surface area contributed by atoms with E-state index in [2.05, 4.69) is 25.1 Å². The Bertz CT molecular complexity index is 601. The molecule has 2 N–H and O–H groups in total. The van der Waals surface area contributed by atoms with Crippen molar-refractivity contribution in [2.75, 3.05) is 6.54 Å². The van der Waals surface area contributed by atoms with Gasteiger partial charge in [0.05, 0.1) is 12.1 Å². The highest BCUT2D eigenvalue weighted by atomic mass is 16.2. The second kappa shape index (κ2) is 6.33. The maximum Gasteiger partial charge on any atom is 0.241 e. The Kier molecular flexibility index (Phi) is 4.41. The van der Waals surface area contributed by atoms with Gasteiger partial charge in [0.1, 0.15) is 6.04 Å². The van der Waals surface area contributed by atoms with Crippen molar-refractivity contribution < 1.29 is 4.79 Å². The Hall–Kier alpha value is -1.86. The van der Waals surface area contributed by atoms with Gasteiger partial charge >= 0.3 is 0 Å². The molecule has 4 heteroatoms. The van der Waals surface area contributed by atoms with Gasteiger partial charge in [0.25, 0.3) is 0 Å². The lowest BCUT2D eigenvalue weighted by Gasteiger charge is -2.37. The van der Waals surface area contributed by atoms with Gasteiger partial charge in [-0.05, 0) is 30.7 Å². The van der Waals surface area contributed by atoms with E-state index in [9.17, 15) is 10.1 Å². The van der Waals surface area contributed by atoms with Crippen molar-refractivity contribution in [3.63, 3.8) is 0 Å². The van der Waals surface area contributed by atoms with Crippen LogP contribution in [0.15, 0.2) is 30.3 Å². The van der Waals surface area contributed by atoms with Crippen LogP contribution in [-0.4, -0.2) is 29.4 Å². The van der Waals surface area contributed by atoms with Crippen LogP contribution < -0.4 is 5.73 Å². The minimum Gasteiger partial charge on any atom is -0.325 e. The van der Waals surface area contributed by atoms with Crippen LogP contribution in [0.2, 0.25) is 0 Å². The van der Waals surface area contributed by atoms with Gasteiger partial charge in [0.15, 0.2) is 0 Å². The van der Waals surface area contributed by atoms with E-state index in [-0.39, 0.29) is 17.4 Å². The second-order valence-electron chi connectivity index (χ2n) is 7.18. The topological polar surface area (TPSA) is 70.1 Å². The predicted molar refractivity (Wildman–Crippen MR) is 89.5 cm³/mol. The Balaban J connectivity index is 1.89. The third-order valence-corrected chi connectivity index (χ3v) is 5.65. The first-order chi connectivity index (χ1) is 11.1. The van der Waals surface area contributed by atoms with Crippen molar-refractivity contribution in [3.05, 3.63) is 35.9 Å². The van der Waals surface area contributed by atoms with E-state index in [1.165, 1.54) is 5.56 Å². The molecule has 3 unspecified atom stereocenters. The summed E-state index contributed by atoms with van der Waals surface area (Å²) in [6, 6.07) is 11.6. The lowest BCUT2D eigenvalue weighted by molar-refractivity contribution is -0.134. The molecule has 1 saturated carbocycles. The molecule has 1 heterocycles. The molecule has 4 nitrogen and oxygen atoms in total. The van der Waals surface area contributed by atoms with E-state index in [0.717, 1.165) is 32.1 Å². The summed E-state index contributed by atoms with van der Waals surface area (Å²) in [6.07, 6.45) is 4.87. The van der Waals surface area contributed by atoms with Crippen molar-refractivity contribution in [1.82, 2.24) is 4.90 Å². The fourth-order valence-electron chi connectivity index (χ4n) is 4.38. The number of nitrogens with two attached hydrogens (primary N) is 1. The van der Waals surface area contributed by atoms with E-state index < -0.39 is 6.04 Å². The molecule has 1 aromatic rings. The molecule has 1 aliphatic heterocycles. The number of carbonyl (C=O) groups excluding carboxylic acids is 1. The fraction of sp³-hybridized carbons (Fsp3) is 0.579. The molecule has 23 heavy (non-hydrogen) atoms. The van der Waals surface area contributed by atoms with E-state index in [1.807, 2.05) is 18.2 Å². The van der Waals surface area contributed by atoms with Crippen molar-refractivity contribution in [2.24, 2.45) is 11.7 Å². The third-order valence-electron chi connectivity index (χ3n) is 5.65. The monoisotopic (exact) mass is 311 g/mol. The van der Waals surface area contributed by atoms with Crippen LogP contribution >= 0.6 is 0 Å². The van der Waals surface area contributed by atoms with Gasteiger partial charge in [-0.15, -0.1) is 0 Å². The molecule has 1 saturated heterocycles. The van der Waals surface area contributed by atoms with E-state index in [0.29, 0.717) is 12.5 Å². The van der Waals surface area contributed by atoms with Gasteiger partial charge < -0.3 is 10.6 Å². The minimum absolute atomic E-state index is 0.0494. The molecule has 0 bridgehead atoms. The van der Waals surface area contributed by atoms with Crippen LogP contribution in [0.5, 0.6) is 0 Å². The Morgan fingerprint density at radius 3 is 2.61 bits per heavy atom. The van der Waals surface area contributed by atoms with E-state index >= 15 is 0 Å². The SMILES string of the molecule is CC1CC(C#N)N(C(=O)C(N)C2(c3ccccc3)CCCC2)C1. The largest absolute Gasteiger partial charge is 0.325 e. The Morgan fingerprint density at radius 2 is 2.00 bits per heavy atom. The number of benzene rings is 1. The molecule has 3 rings (SSSR count). The number of nitrogens with zero attached hydrogens (tertiary/aromatic N) is 2. The summed E-state index contributed by atoms with van der Waals surface area (Å²) in [4.78, 5) is 14.8. The molecule has 0 spiro atoms. The van der Waals surface area contributed by atoms with Crippen LogP contribution in [0.3, 0.4) is 0 Å². The number of rotatable bonds is 3. The maximum atomic E-state index is 13.1. The number of nitriles is 1. The Morgan fingerprint density at radius 1 is 1.35 bits per heavy atom. The summed E-state index contributed by atoms with van der Waals surface area (Å²) in [6.45, 7) is 2.74. The molecule has 1 amide bonds. The molecule has 1 aliphatic carbocycles. The number of amides is 1. The summed E-state index contributed by atoms with van der Waals surface area (Å²) in [5, 5.41) is 9.35. The zero-order valence-electron chi connectivity index (χ0n) is 13.7. The molecule has 122 valence electrons. The average Bonchev–Trinajstić information content (AvgIpc) is 3.21. The van der Waals surface area contributed by atoms with Crippen molar-refractivity contribution in [2.45, 2.75) is 56.5 Å². The van der Waals surface area contributed by atoms with Crippen LogP contribution in [-0.2, 0) is 10.2 Å². The molecular formula is C19H25N3O. The molecular weight excluding hydrogens is 286 g/mol. The molecule has 3 atom stereocenters. The summed E-state index contributed by atoms with van der Waals surface area (Å²) in [7, 11) is 0. The first kappa shape index (κ1) is 16.0. The highest BCUT2D eigenvalue weighted by Gasteiger charge is 2.47. The molecule has 0 radical (unpaired) electrons. The van der Waals surface area contributed by atoms with Crippen molar-refractivity contribution in [1.29, 1.82) is 5.26 Å². The number of hydrogen-bond acceptors (Lipinski definition) is 3. The highest BCUT2D eigenvalue weighted by Crippen LogP contribution is 2.44. The van der Waals surface area contributed by atoms with E-state index in [4.69, 9.17) is 5.73 Å². The van der Waals surface area contributed by atoms with Gasteiger partial charge in [-0.2, -0.15) is 5.26 Å². The van der Waals surface area contributed by atoms with E-state index in [1.54, 1.807) is 4.90 Å². The molecule has 2 aliphatic rings. The molecule has 1 aromatic carbocycles. The quantitative estimate of drug-likeness (QED) is 0.932. The van der Waals surface area contributed by atoms with Crippen molar-refractivity contribution >= 4 is 5.91 Å². The van der Waals surface area contributed by atoms with Gasteiger partial charge in [-0.3, -0.25) is 4.79 Å². The minimum atomic E-state index is -0.562. The summed E-state index contributed by atoms with van der Waals surface area (Å²) in [5.74, 6) is 0.318. The molecule has 2 fully saturated rings. The van der Waals surface area contributed by atoms with Crippen LogP contribution in [0.1, 0.15) is 44.6 Å². The zero-order valence-corrected chi connectivity index (χ0v) is 13.7. The summed E-state index contributed by atoms with van der Waals surface area (Å²) >= 11 is 0. The standard InChI is InChI=1S/C19H25N3O/c1-14-11-16(12-20)22(13-14)18(23)17(21)19(9-5-6-10-19)15-7-3-2-4-8-15/h2-4,7-8,14,16-17H,5-6,9-11,13,21H2,1H3. The van der Waals surface area contributed by atoms with Crippen LogP contribution in [0, 0.1) is 17.2 Å². The van der Waals surface area contributed by atoms with Gasteiger partial charge in [0.2, 0.25) is 5.91 Å². The first-order valence-corrected chi connectivity index (χ1v) is 8.60. The Labute approximate surface area is 138 Å². The number of likely N-dealkylation sites (tertiary alicyclic amines) is 1. The first-order valence-electron chi connectivity index (χ1n) is 8.60. The second-order valence-corrected chi connectivity index (χ2v) is 7.18.